The Morgan fingerprint density at radius 1 is 0.868 bits per heavy atom. The molecule has 0 spiro atoms. The molecule has 7 heteroatoms. The second kappa shape index (κ2) is 14.4. The van der Waals surface area contributed by atoms with Crippen molar-refractivity contribution in [3.63, 3.8) is 0 Å². The molecule has 0 saturated heterocycles. The van der Waals surface area contributed by atoms with Gasteiger partial charge in [0.1, 0.15) is 6.29 Å². The summed E-state index contributed by atoms with van der Waals surface area (Å²) >= 11 is 0. The van der Waals surface area contributed by atoms with E-state index in [0.717, 1.165) is 16.8 Å². The molecule has 0 aliphatic heterocycles. The molecular weight excluding hydrogens is 474 g/mol. The minimum Gasteiger partial charge on any atom is -0.323 e. The Hall–Kier alpha value is -3.52. The number of hydrogen-bond acceptors (Lipinski definition) is 5. The van der Waals surface area contributed by atoms with Gasteiger partial charge >= 0.3 is 0 Å². The highest BCUT2D eigenvalue weighted by Crippen LogP contribution is 2.33. The molecule has 6 N–H and O–H groups in total. The van der Waals surface area contributed by atoms with Gasteiger partial charge in [-0.1, -0.05) is 75.1 Å². The first-order chi connectivity index (χ1) is 18.4. The zero-order valence-electron chi connectivity index (χ0n) is 22.7. The Kier molecular flexibility index (Phi) is 11.0. The summed E-state index contributed by atoms with van der Waals surface area (Å²) in [4.78, 5) is 27.7. The minimum absolute atomic E-state index is 0.0674. The van der Waals surface area contributed by atoms with Crippen molar-refractivity contribution >= 4 is 17.5 Å². The number of aryl methyl sites for hydroxylation is 1. The Labute approximate surface area is 226 Å². The molecule has 1 fully saturated rings. The van der Waals surface area contributed by atoms with Gasteiger partial charge in [-0.15, -0.1) is 0 Å². The number of carbonyl (C=O) groups excluding carboxylic acids is 2. The average Bonchev–Trinajstić information content (AvgIpc) is 2.98. The van der Waals surface area contributed by atoms with Gasteiger partial charge in [-0.3, -0.25) is 21.2 Å². The van der Waals surface area contributed by atoms with Crippen LogP contribution in [0.4, 0.5) is 5.69 Å². The number of hydrogen-bond donors (Lipinski definition) is 4. The molecular formula is C31H41N5O2. The van der Waals surface area contributed by atoms with E-state index in [-0.39, 0.29) is 11.8 Å². The lowest BCUT2D eigenvalue weighted by Crippen LogP contribution is -2.54. The fraction of sp³-hybridized carbons (Fsp3) is 0.355. The SMILES string of the molecule is CC.Cc1ccc(C(=O)N(Cc2ccc(C(=O)NC(N)NN)cc2)c2ccc(C3CCCCC3)cc2)cc1. The van der Waals surface area contributed by atoms with Crippen LogP contribution in [0.3, 0.4) is 0 Å². The summed E-state index contributed by atoms with van der Waals surface area (Å²) in [5.41, 5.74) is 13.2. The van der Waals surface area contributed by atoms with Crippen LogP contribution < -0.4 is 27.2 Å². The highest BCUT2D eigenvalue weighted by atomic mass is 16.2. The fourth-order valence-electron chi connectivity index (χ4n) is 4.71. The third kappa shape index (κ3) is 7.74. The monoisotopic (exact) mass is 515 g/mol. The lowest BCUT2D eigenvalue weighted by Gasteiger charge is -2.25. The van der Waals surface area contributed by atoms with Crippen LogP contribution in [-0.2, 0) is 6.54 Å². The zero-order chi connectivity index (χ0) is 27.5. The molecule has 0 aromatic heterocycles. The number of nitrogens with two attached hydrogens (primary N) is 2. The van der Waals surface area contributed by atoms with Crippen molar-refractivity contribution < 1.29 is 9.59 Å². The van der Waals surface area contributed by atoms with Crippen molar-refractivity contribution in [3.05, 3.63) is 101 Å². The fourth-order valence-corrected chi connectivity index (χ4v) is 4.71. The summed E-state index contributed by atoms with van der Waals surface area (Å²) in [5, 5.41) is 2.55. The standard InChI is InChI=1S/C29H35N5O2.C2H6/c1-20-7-11-25(12-8-20)28(36)34(26-17-15-23(16-18-26)22-5-3-2-4-6-22)19-21-9-13-24(14-10-21)27(35)32-29(30)33-31;1-2/h7-18,22,29,33H,2-6,19,30-31H2,1H3,(H,32,35);1-2H3. The van der Waals surface area contributed by atoms with Crippen LogP contribution in [0.2, 0.25) is 0 Å². The van der Waals surface area contributed by atoms with E-state index in [9.17, 15) is 9.59 Å². The molecule has 1 atom stereocenters. The average molecular weight is 516 g/mol. The van der Waals surface area contributed by atoms with Gasteiger partial charge in [0.15, 0.2) is 0 Å². The molecule has 0 radical (unpaired) electrons. The van der Waals surface area contributed by atoms with Crippen molar-refractivity contribution in [2.75, 3.05) is 4.90 Å². The molecule has 0 heterocycles. The largest absolute Gasteiger partial charge is 0.323 e. The number of rotatable bonds is 8. The van der Waals surface area contributed by atoms with E-state index >= 15 is 0 Å². The number of benzene rings is 3. The maximum atomic E-state index is 13.6. The minimum atomic E-state index is -0.837. The highest BCUT2D eigenvalue weighted by molar-refractivity contribution is 6.06. The van der Waals surface area contributed by atoms with E-state index in [1.54, 1.807) is 17.0 Å². The first-order valence-corrected chi connectivity index (χ1v) is 13.5. The lowest BCUT2D eigenvalue weighted by molar-refractivity contribution is 0.0929. The zero-order valence-corrected chi connectivity index (χ0v) is 22.7. The van der Waals surface area contributed by atoms with Gasteiger partial charge in [-0.25, -0.2) is 5.43 Å². The quantitative estimate of drug-likeness (QED) is 0.183. The predicted molar refractivity (Wildman–Crippen MR) is 155 cm³/mol. The van der Waals surface area contributed by atoms with Crippen LogP contribution in [-0.4, -0.2) is 18.1 Å². The molecule has 2 amide bonds. The van der Waals surface area contributed by atoms with Gasteiger partial charge in [0.2, 0.25) is 0 Å². The summed E-state index contributed by atoms with van der Waals surface area (Å²) in [6.45, 7) is 6.38. The molecule has 1 aliphatic carbocycles. The molecule has 7 nitrogen and oxygen atoms in total. The Bertz CT molecular complexity index is 1150. The molecule has 3 aromatic rings. The van der Waals surface area contributed by atoms with E-state index in [2.05, 4.69) is 35.0 Å². The van der Waals surface area contributed by atoms with E-state index in [1.165, 1.54) is 37.7 Å². The van der Waals surface area contributed by atoms with Crippen LogP contribution in [0.15, 0.2) is 72.8 Å². The molecule has 1 aliphatic rings. The molecule has 0 bridgehead atoms. The summed E-state index contributed by atoms with van der Waals surface area (Å²) in [5.74, 6) is 5.45. The van der Waals surface area contributed by atoms with E-state index in [1.807, 2.05) is 57.2 Å². The second-order valence-electron chi connectivity index (χ2n) is 9.50. The van der Waals surface area contributed by atoms with Gasteiger partial charge in [0.25, 0.3) is 11.8 Å². The Morgan fingerprint density at radius 2 is 1.45 bits per heavy atom. The van der Waals surface area contributed by atoms with Crippen LogP contribution in [0, 0.1) is 6.92 Å². The molecule has 202 valence electrons. The Morgan fingerprint density at radius 3 is 2.03 bits per heavy atom. The summed E-state index contributed by atoms with van der Waals surface area (Å²) < 4.78 is 0. The van der Waals surface area contributed by atoms with Gasteiger partial charge < -0.3 is 10.2 Å². The number of amides is 2. The number of nitrogens with one attached hydrogen (secondary N) is 2. The molecule has 38 heavy (non-hydrogen) atoms. The highest BCUT2D eigenvalue weighted by Gasteiger charge is 2.20. The van der Waals surface area contributed by atoms with Crippen LogP contribution in [0.1, 0.15) is 89.3 Å². The predicted octanol–water partition coefficient (Wildman–Crippen LogP) is 5.35. The second-order valence-corrected chi connectivity index (χ2v) is 9.50. The Balaban J connectivity index is 0.00000195. The summed E-state index contributed by atoms with van der Waals surface area (Å²) in [6, 6.07) is 23.2. The number of hydrazine groups is 1. The summed E-state index contributed by atoms with van der Waals surface area (Å²) in [6.07, 6.45) is 5.52. The van der Waals surface area contributed by atoms with Gasteiger partial charge in [0, 0.05) is 16.8 Å². The van der Waals surface area contributed by atoms with Gasteiger partial charge in [-0.05, 0) is 73.2 Å². The van der Waals surface area contributed by atoms with E-state index < -0.39 is 6.29 Å². The lowest BCUT2D eigenvalue weighted by atomic mass is 9.84. The molecule has 1 unspecified atom stereocenters. The molecule has 1 saturated carbocycles. The van der Waals surface area contributed by atoms with E-state index in [0.29, 0.717) is 23.6 Å². The van der Waals surface area contributed by atoms with Crippen molar-refractivity contribution in [1.29, 1.82) is 0 Å². The van der Waals surface area contributed by atoms with Crippen LogP contribution in [0.25, 0.3) is 0 Å². The van der Waals surface area contributed by atoms with Crippen molar-refractivity contribution in [2.45, 2.75) is 71.6 Å². The topological polar surface area (TPSA) is 113 Å². The molecule has 3 aromatic carbocycles. The number of nitrogens with zero attached hydrogens (tertiary/aromatic N) is 1. The normalized spacial score (nSPS) is 14.1. The van der Waals surface area contributed by atoms with Gasteiger partial charge in [0.05, 0.1) is 6.54 Å². The smallest absolute Gasteiger partial charge is 0.258 e. The number of carbonyl (C=O) groups is 2. The van der Waals surface area contributed by atoms with Gasteiger partial charge in [-0.2, -0.15) is 0 Å². The molecule has 4 rings (SSSR count). The van der Waals surface area contributed by atoms with Crippen LogP contribution in [0.5, 0.6) is 0 Å². The maximum absolute atomic E-state index is 13.6. The first kappa shape index (κ1) is 29.0. The summed E-state index contributed by atoms with van der Waals surface area (Å²) in [7, 11) is 0. The number of anilines is 1. The first-order valence-electron chi connectivity index (χ1n) is 13.5. The van der Waals surface area contributed by atoms with Crippen molar-refractivity contribution in [1.82, 2.24) is 10.7 Å². The van der Waals surface area contributed by atoms with Crippen LogP contribution >= 0.6 is 0 Å². The van der Waals surface area contributed by atoms with E-state index in [4.69, 9.17) is 11.6 Å². The van der Waals surface area contributed by atoms with Crippen molar-refractivity contribution in [3.8, 4) is 0 Å². The van der Waals surface area contributed by atoms with Crippen molar-refractivity contribution in [2.24, 2.45) is 11.6 Å². The third-order valence-electron chi connectivity index (χ3n) is 6.85. The maximum Gasteiger partial charge on any atom is 0.258 e. The third-order valence-corrected chi connectivity index (χ3v) is 6.85.